The molecule has 2 heterocycles. The number of carbonyl (C=O) groups excluding carboxylic acids is 1. The standard InChI is InChI=1S/C15H15N3O/c1-18(2)11-5-3-10(4-6-11)14-15-12(7-8-16-15)13(19)9-17-14/h3-6,8-9,14H,7H2,1-2H3. The van der Waals surface area contributed by atoms with Gasteiger partial charge in [-0.1, -0.05) is 12.1 Å². The zero-order valence-electron chi connectivity index (χ0n) is 11.0. The summed E-state index contributed by atoms with van der Waals surface area (Å²) in [5, 5.41) is 0. The van der Waals surface area contributed by atoms with Gasteiger partial charge in [0.1, 0.15) is 6.04 Å². The van der Waals surface area contributed by atoms with Crippen LogP contribution in [-0.4, -0.2) is 32.3 Å². The molecule has 4 heteroatoms. The molecule has 0 bridgehead atoms. The molecule has 4 nitrogen and oxygen atoms in total. The van der Waals surface area contributed by atoms with Crippen LogP contribution in [0.2, 0.25) is 0 Å². The van der Waals surface area contributed by atoms with Gasteiger partial charge < -0.3 is 4.90 Å². The van der Waals surface area contributed by atoms with Gasteiger partial charge in [0.25, 0.3) is 0 Å². The van der Waals surface area contributed by atoms with Crippen LogP contribution in [0.1, 0.15) is 18.0 Å². The van der Waals surface area contributed by atoms with Gasteiger partial charge >= 0.3 is 0 Å². The number of ketones is 1. The lowest BCUT2D eigenvalue weighted by molar-refractivity contribution is -0.109. The lowest BCUT2D eigenvalue weighted by Gasteiger charge is -2.19. The minimum Gasteiger partial charge on any atom is -0.378 e. The molecule has 1 atom stereocenters. The Morgan fingerprint density at radius 1 is 1.21 bits per heavy atom. The van der Waals surface area contributed by atoms with E-state index in [4.69, 9.17) is 0 Å². The van der Waals surface area contributed by atoms with E-state index in [0.29, 0.717) is 6.42 Å². The second-order valence-electron chi connectivity index (χ2n) is 4.91. The summed E-state index contributed by atoms with van der Waals surface area (Å²) in [6.07, 6.45) is 3.85. The molecule has 0 saturated heterocycles. The maximum absolute atomic E-state index is 11.7. The Kier molecular flexibility index (Phi) is 2.78. The molecule has 0 N–H and O–H groups in total. The Labute approximate surface area is 112 Å². The van der Waals surface area contributed by atoms with E-state index in [1.54, 1.807) is 6.21 Å². The highest BCUT2D eigenvalue weighted by Gasteiger charge is 2.28. The largest absolute Gasteiger partial charge is 0.378 e. The van der Waals surface area contributed by atoms with Gasteiger partial charge in [-0.3, -0.25) is 14.8 Å². The lowest BCUT2D eigenvalue weighted by atomic mass is 9.96. The molecule has 2 aliphatic rings. The van der Waals surface area contributed by atoms with E-state index in [2.05, 4.69) is 27.0 Å². The maximum atomic E-state index is 11.7. The fraction of sp³-hybridized carbons (Fsp3) is 0.267. The van der Waals surface area contributed by atoms with Crippen LogP contribution in [-0.2, 0) is 4.79 Å². The fourth-order valence-corrected chi connectivity index (χ4v) is 2.37. The first kappa shape index (κ1) is 11.8. The molecule has 0 spiro atoms. The van der Waals surface area contributed by atoms with Gasteiger partial charge in [-0.05, 0) is 17.7 Å². The first-order chi connectivity index (χ1) is 9.16. The molecule has 0 aliphatic carbocycles. The number of benzene rings is 1. The summed E-state index contributed by atoms with van der Waals surface area (Å²) in [6, 6.07) is 8.07. The average Bonchev–Trinajstić information content (AvgIpc) is 2.89. The third-order valence-corrected chi connectivity index (χ3v) is 3.46. The molecule has 1 aromatic rings. The van der Waals surface area contributed by atoms with Crippen molar-refractivity contribution in [1.82, 2.24) is 0 Å². The molecule has 0 aromatic heterocycles. The van der Waals surface area contributed by atoms with Crippen molar-refractivity contribution in [3.05, 3.63) is 41.1 Å². The molecule has 96 valence electrons. The summed E-state index contributed by atoms with van der Waals surface area (Å²) in [6.45, 7) is 0. The third-order valence-electron chi connectivity index (χ3n) is 3.46. The monoisotopic (exact) mass is 253 g/mol. The first-order valence-electron chi connectivity index (χ1n) is 6.27. The molecule has 0 saturated carbocycles. The van der Waals surface area contributed by atoms with Crippen molar-refractivity contribution in [2.24, 2.45) is 9.98 Å². The first-order valence-corrected chi connectivity index (χ1v) is 6.27. The SMILES string of the molecule is CN(C)c1ccc(C2N=CC(=O)C3=C2N=CC3)cc1. The van der Waals surface area contributed by atoms with Gasteiger partial charge in [0.15, 0.2) is 0 Å². The molecular formula is C15H15N3O. The van der Waals surface area contributed by atoms with Gasteiger partial charge in [0.05, 0.1) is 11.9 Å². The summed E-state index contributed by atoms with van der Waals surface area (Å²) in [4.78, 5) is 22.4. The predicted octanol–water partition coefficient (Wildman–Crippen LogP) is 2.18. The smallest absolute Gasteiger partial charge is 0.201 e. The number of hydrogen-bond acceptors (Lipinski definition) is 4. The Balaban J connectivity index is 1.96. The number of nitrogens with zero attached hydrogens (tertiary/aromatic N) is 3. The number of anilines is 1. The minimum absolute atomic E-state index is 0.00587. The maximum Gasteiger partial charge on any atom is 0.201 e. The summed E-state index contributed by atoms with van der Waals surface area (Å²) >= 11 is 0. The van der Waals surface area contributed by atoms with Gasteiger partial charge in [-0.15, -0.1) is 0 Å². The van der Waals surface area contributed by atoms with Crippen LogP contribution in [0.5, 0.6) is 0 Å². The molecular weight excluding hydrogens is 238 g/mol. The molecule has 0 radical (unpaired) electrons. The number of aliphatic imine (C=N–C) groups is 2. The average molecular weight is 253 g/mol. The second kappa shape index (κ2) is 4.46. The van der Waals surface area contributed by atoms with E-state index in [9.17, 15) is 4.79 Å². The second-order valence-corrected chi connectivity index (χ2v) is 4.91. The van der Waals surface area contributed by atoms with Crippen LogP contribution >= 0.6 is 0 Å². The number of rotatable bonds is 2. The van der Waals surface area contributed by atoms with E-state index in [0.717, 1.165) is 22.5 Å². The molecule has 1 unspecified atom stereocenters. The number of Topliss-reactive ketones (excluding diaryl/α,β-unsaturated/α-hetero) is 1. The van der Waals surface area contributed by atoms with Crippen molar-refractivity contribution in [2.75, 3.05) is 19.0 Å². The Bertz CT molecular complexity index is 609. The third kappa shape index (κ3) is 1.99. The van der Waals surface area contributed by atoms with Crippen molar-refractivity contribution >= 4 is 23.9 Å². The van der Waals surface area contributed by atoms with Crippen LogP contribution in [0.4, 0.5) is 5.69 Å². The zero-order chi connectivity index (χ0) is 13.4. The molecule has 3 rings (SSSR count). The van der Waals surface area contributed by atoms with Crippen molar-refractivity contribution in [3.8, 4) is 0 Å². The van der Waals surface area contributed by atoms with Crippen molar-refractivity contribution in [2.45, 2.75) is 12.5 Å². The van der Waals surface area contributed by atoms with E-state index in [1.807, 2.05) is 26.2 Å². The number of dihydropyridines is 1. The number of allylic oxidation sites excluding steroid dienone is 1. The predicted molar refractivity (Wildman–Crippen MR) is 77.1 cm³/mol. The topological polar surface area (TPSA) is 45.0 Å². The Morgan fingerprint density at radius 2 is 1.95 bits per heavy atom. The normalized spacial score (nSPS) is 20.9. The van der Waals surface area contributed by atoms with E-state index in [1.165, 1.54) is 6.21 Å². The van der Waals surface area contributed by atoms with Gasteiger partial charge in [0.2, 0.25) is 5.78 Å². The highest BCUT2D eigenvalue weighted by atomic mass is 16.1. The summed E-state index contributed by atoms with van der Waals surface area (Å²) in [5.41, 5.74) is 3.81. The number of carbonyl (C=O) groups is 1. The molecule has 2 aliphatic heterocycles. The van der Waals surface area contributed by atoms with Crippen molar-refractivity contribution < 1.29 is 4.79 Å². The highest BCUT2D eigenvalue weighted by molar-refractivity contribution is 6.37. The lowest BCUT2D eigenvalue weighted by Crippen LogP contribution is -2.14. The highest BCUT2D eigenvalue weighted by Crippen LogP contribution is 2.35. The molecule has 19 heavy (non-hydrogen) atoms. The van der Waals surface area contributed by atoms with Crippen molar-refractivity contribution in [1.29, 1.82) is 0 Å². The molecule has 0 amide bonds. The van der Waals surface area contributed by atoms with Crippen LogP contribution in [0.25, 0.3) is 0 Å². The minimum atomic E-state index is -0.136. The molecule has 1 aromatic carbocycles. The van der Waals surface area contributed by atoms with E-state index >= 15 is 0 Å². The summed E-state index contributed by atoms with van der Waals surface area (Å²) < 4.78 is 0. The Hall–Kier alpha value is -2.23. The van der Waals surface area contributed by atoms with E-state index in [-0.39, 0.29) is 11.8 Å². The van der Waals surface area contributed by atoms with Gasteiger partial charge in [0, 0.05) is 38.0 Å². The summed E-state index contributed by atoms with van der Waals surface area (Å²) in [7, 11) is 4.02. The number of hydrogen-bond donors (Lipinski definition) is 0. The fourth-order valence-electron chi connectivity index (χ4n) is 2.37. The molecule has 0 fully saturated rings. The zero-order valence-corrected chi connectivity index (χ0v) is 11.0. The summed E-state index contributed by atoms with van der Waals surface area (Å²) in [5.74, 6) is -0.00587. The Morgan fingerprint density at radius 3 is 2.63 bits per heavy atom. The van der Waals surface area contributed by atoms with Gasteiger partial charge in [-0.2, -0.15) is 0 Å². The van der Waals surface area contributed by atoms with Crippen LogP contribution in [0, 0.1) is 0 Å². The quantitative estimate of drug-likeness (QED) is 0.811. The van der Waals surface area contributed by atoms with Gasteiger partial charge in [-0.25, -0.2) is 0 Å². The van der Waals surface area contributed by atoms with Crippen LogP contribution < -0.4 is 4.90 Å². The van der Waals surface area contributed by atoms with E-state index < -0.39 is 0 Å². The van der Waals surface area contributed by atoms with Crippen molar-refractivity contribution in [3.63, 3.8) is 0 Å². The van der Waals surface area contributed by atoms with Crippen LogP contribution in [0.15, 0.2) is 45.5 Å². The van der Waals surface area contributed by atoms with Crippen LogP contribution in [0.3, 0.4) is 0 Å².